The topological polar surface area (TPSA) is 33.3 Å². The van der Waals surface area contributed by atoms with Gasteiger partial charge in [-0.1, -0.05) is 0 Å². The highest BCUT2D eigenvalue weighted by Gasteiger charge is 2.20. The highest BCUT2D eigenvalue weighted by atomic mass is 16.5. The van der Waals surface area contributed by atoms with Gasteiger partial charge in [0.05, 0.1) is 12.2 Å². The summed E-state index contributed by atoms with van der Waals surface area (Å²) in [6.45, 7) is 11.3. The highest BCUT2D eigenvalue weighted by molar-refractivity contribution is 4.82. The number of hydrogen-bond acceptors (Lipinski definition) is 3. The van der Waals surface area contributed by atoms with E-state index in [1.54, 1.807) is 0 Å². The lowest BCUT2D eigenvalue weighted by Crippen LogP contribution is -2.39. The molecule has 0 aromatic rings. The van der Waals surface area contributed by atoms with Gasteiger partial charge < -0.3 is 15.4 Å². The van der Waals surface area contributed by atoms with Crippen LogP contribution in [-0.4, -0.2) is 37.4 Å². The minimum atomic E-state index is -0.0167. The van der Waals surface area contributed by atoms with Gasteiger partial charge in [0.1, 0.15) is 0 Å². The fourth-order valence-corrected chi connectivity index (χ4v) is 1.37. The van der Waals surface area contributed by atoms with Gasteiger partial charge in [-0.2, -0.15) is 0 Å². The maximum Gasteiger partial charge on any atom is 0.0599 e. The fourth-order valence-electron chi connectivity index (χ4n) is 1.37. The molecule has 1 rings (SSSR count). The van der Waals surface area contributed by atoms with E-state index in [1.165, 1.54) is 12.8 Å². The molecule has 1 unspecified atom stereocenters. The van der Waals surface area contributed by atoms with Crippen LogP contribution in [0.5, 0.6) is 0 Å². The van der Waals surface area contributed by atoms with E-state index < -0.39 is 0 Å². The Bertz CT molecular complexity index is 173. The van der Waals surface area contributed by atoms with Crippen LogP contribution in [0.25, 0.3) is 0 Å². The molecule has 0 aliphatic heterocycles. The van der Waals surface area contributed by atoms with Gasteiger partial charge in [0.25, 0.3) is 0 Å². The number of ether oxygens (including phenoxy) is 1. The van der Waals surface area contributed by atoms with Gasteiger partial charge in [-0.05, 0) is 40.5 Å². The van der Waals surface area contributed by atoms with E-state index in [1.807, 2.05) is 0 Å². The Morgan fingerprint density at radius 2 is 2.00 bits per heavy atom. The zero-order valence-corrected chi connectivity index (χ0v) is 10.6. The van der Waals surface area contributed by atoms with Crippen LogP contribution >= 0.6 is 0 Å². The normalized spacial score (nSPS) is 19.2. The Morgan fingerprint density at radius 3 is 2.53 bits per heavy atom. The first-order valence-electron chi connectivity index (χ1n) is 6.08. The molecule has 0 bridgehead atoms. The maximum absolute atomic E-state index is 5.63. The van der Waals surface area contributed by atoms with Crippen molar-refractivity contribution in [1.29, 1.82) is 0 Å². The molecule has 0 heterocycles. The minimum absolute atomic E-state index is 0.0167. The van der Waals surface area contributed by atoms with Crippen molar-refractivity contribution in [3.05, 3.63) is 0 Å². The van der Waals surface area contributed by atoms with Gasteiger partial charge in [0.15, 0.2) is 0 Å². The molecule has 0 spiro atoms. The van der Waals surface area contributed by atoms with Gasteiger partial charge >= 0.3 is 0 Å². The molecule has 90 valence electrons. The molecule has 0 aromatic heterocycles. The predicted molar refractivity (Wildman–Crippen MR) is 64.2 cm³/mol. The number of nitrogens with one attached hydrogen (secondary N) is 2. The van der Waals surface area contributed by atoms with Crippen molar-refractivity contribution < 1.29 is 4.74 Å². The van der Waals surface area contributed by atoms with Crippen LogP contribution in [-0.2, 0) is 4.74 Å². The standard InChI is InChI=1S/C12H26N2O/c1-10(9-14-11-5-6-11)13-7-8-15-12(2,3)4/h10-11,13-14H,5-9H2,1-4H3. The average Bonchev–Trinajstić information content (AvgIpc) is 2.91. The third-order valence-electron chi connectivity index (χ3n) is 2.42. The second-order valence-corrected chi connectivity index (χ2v) is 5.50. The molecule has 15 heavy (non-hydrogen) atoms. The van der Waals surface area contributed by atoms with Crippen molar-refractivity contribution in [2.24, 2.45) is 0 Å². The summed E-state index contributed by atoms with van der Waals surface area (Å²) in [7, 11) is 0. The Morgan fingerprint density at radius 1 is 1.33 bits per heavy atom. The van der Waals surface area contributed by atoms with E-state index in [-0.39, 0.29) is 5.60 Å². The summed E-state index contributed by atoms with van der Waals surface area (Å²) in [5.41, 5.74) is -0.0167. The van der Waals surface area contributed by atoms with Crippen LogP contribution in [0.1, 0.15) is 40.5 Å². The lowest BCUT2D eigenvalue weighted by Gasteiger charge is -2.21. The molecule has 0 aromatic carbocycles. The molecule has 0 amide bonds. The lowest BCUT2D eigenvalue weighted by atomic mass is 10.2. The summed E-state index contributed by atoms with van der Waals surface area (Å²) >= 11 is 0. The summed E-state index contributed by atoms with van der Waals surface area (Å²) < 4.78 is 5.63. The van der Waals surface area contributed by atoms with Crippen LogP contribution in [0.4, 0.5) is 0 Å². The molecule has 2 N–H and O–H groups in total. The molecule has 0 saturated heterocycles. The molecule has 3 nitrogen and oxygen atoms in total. The monoisotopic (exact) mass is 214 g/mol. The first kappa shape index (κ1) is 12.9. The van der Waals surface area contributed by atoms with Gasteiger partial charge in [-0.3, -0.25) is 0 Å². The summed E-state index contributed by atoms with van der Waals surface area (Å²) in [4.78, 5) is 0. The van der Waals surface area contributed by atoms with Gasteiger partial charge in [-0.15, -0.1) is 0 Å². The van der Waals surface area contributed by atoms with E-state index in [9.17, 15) is 0 Å². The van der Waals surface area contributed by atoms with E-state index in [0.29, 0.717) is 6.04 Å². The fraction of sp³-hybridized carbons (Fsp3) is 1.00. The molecule has 0 radical (unpaired) electrons. The Hall–Kier alpha value is -0.120. The van der Waals surface area contributed by atoms with Gasteiger partial charge in [0.2, 0.25) is 0 Å². The number of hydrogen-bond donors (Lipinski definition) is 2. The van der Waals surface area contributed by atoms with Crippen molar-refractivity contribution in [3.63, 3.8) is 0 Å². The van der Waals surface area contributed by atoms with Crippen LogP contribution in [0, 0.1) is 0 Å². The van der Waals surface area contributed by atoms with E-state index in [2.05, 4.69) is 38.3 Å². The third kappa shape index (κ3) is 7.77. The van der Waals surface area contributed by atoms with Crippen molar-refractivity contribution in [2.75, 3.05) is 19.7 Å². The SMILES string of the molecule is CC(CNC1CC1)NCCOC(C)(C)C. The van der Waals surface area contributed by atoms with Crippen molar-refractivity contribution >= 4 is 0 Å². The molecule has 1 atom stereocenters. The zero-order valence-electron chi connectivity index (χ0n) is 10.6. The van der Waals surface area contributed by atoms with Crippen LogP contribution in [0.2, 0.25) is 0 Å². The van der Waals surface area contributed by atoms with Crippen molar-refractivity contribution in [2.45, 2.75) is 58.2 Å². The number of rotatable bonds is 7. The molecule has 1 aliphatic carbocycles. The van der Waals surface area contributed by atoms with Crippen LogP contribution in [0.3, 0.4) is 0 Å². The first-order chi connectivity index (χ1) is 6.97. The second kappa shape index (κ2) is 5.83. The third-order valence-corrected chi connectivity index (χ3v) is 2.42. The Labute approximate surface area is 94.0 Å². The highest BCUT2D eigenvalue weighted by Crippen LogP contribution is 2.18. The summed E-state index contributed by atoms with van der Waals surface area (Å²) in [5, 5.41) is 6.96. The second-order valence-electron chi connectivity index (χ2n) is 5.50. The zero-order chi connectivity index (χ0) is 11.3. The molecule has 1 fully saturated rings. The van der Waals surface area contributed by atoms with Gasteiger partial charge in [0, 0.05) is 25.2 Å². The molecule has 3 heteroatoms. The predicted octanol–water partition coefficient (Wildman–Crippen LogP) is 1.53. The maximum atomic E-state index is 5.63. The first-order valence-corrected chi connectivity index (χ1v) is 6.08. The Kier molecular flexibility index (Phi) is 5.03. The quantitative estimate of drug-likeness (QED) is 0.631. The van der Waals surface area contributed by atoms with Crippen LogP contribution in [0.15, 0.2) is 0 Å². The van der Waals surface area contributed by atoms with Crippen molar-refractivity contribution in [1.82, 2.24) is 10.6 Å². The molecule has 1 saturated carbocycles. The molecular formula is C12H26N2O. The summed E-state index contributed by atoms with van der Waals surface area (Å²) in [5.74, 6) is 0. The average molecular weight is 214 g/mol. The molecular weight excluding hydrogens is 188 g/mol. The Balaban J connectivity index is 1.89. The summed E-state index contributed by atoms with van der Waals surface area (Å²) in [6.07, 6.45) is 2.72. The lowest BCUT2D eigenvalue weighted by molar-refractivity contribution is -0.00146. The summed E-state index contributed by atoms with van der Waals surface area (Å²) in [6, 6.07) is 1.34. The minimum Gasteiger partial charge on any atom is -0.375 e. The molecule has 1 aliphatic rings. The smallest absolute Gasteiger partial charge is 0.0599 e. The van der Waals surface area contributed by atoms with Crippen LogP contribution < -0.4 is 10.6 Å². The van der Waals surface area contributed by atoms with Crippen molar-refractivity contribution in [3.8, 4) is 0 Å². The van der Waals surface area contributed by atoms with E-state index >= 15 is 0 Å². The van der Waals surface area contributed by atoms with E-state index in [0.717, 1.165) is 25.7 Å². The van der Waals surface area contributed by atoms with E-state index in [4.69, 9.17) is 4.74 Å². The largest absolute Gasteiger partial charge is 0.375 e. The van der Waals surface area contributed by atoms with Gasteiger partial charge in [-0.25, -0.2) is 0 Å².